The molecule has 3 rings (SSSR count). The first-order valence-electron chi connectivity index (χ1n) is 6.30. The molecule has 2 aliphatic heterocycles. The second-order valence-electron chi connectivity index (χ2n) is 5.14. The fourth-order valence-electron chi connectivity index (χ4n) is 2.81. The van der Waals surface area contributed by atoms with Crippen LogP contribution in [-0.2, 0) is 17.1 Å². The molecule has 18 heavy (non-hydrogen) atoms. The van der Waals surface area contributed by atoms with Gasteiger partial charge in [-0.2, -0.15) is 9.40 Å². The molecule has 7 heteroatoms. The Kier molecular flexibility index (Phi) is 2.91. The molecule has 0 spiro atoms. The van der Waals surface area contributed by atoms with Crippen molar-refractivity contribution in [3.8, 4) is 0 Å². The zero-order valence-electron chi connectivity index (χ0n) is 10.4. The minimum atomic E-state index is -3.38. The van der Waals surface area contributed by atoms with E-state index in [1.165, 1.54) is 17.3 Å². The molecule has 3 heterocycles. The highest BCUT2D eigenvalue weighted by molar-refractivity contribution is 7.89. The fourth-order valence-corrected chi connectivity index (χ4v) is 4.30. The molecule has 2 saturated heterocycles. The number of hydrogen-bond donors (Lipinski definition) is 1. The molecule has 1 N–H and O–H groups in total. The summed E-state index contributed by atoms with van der Waals surface area (Å²) in [4.78, 5) is 0.294. The molecule has 1 aromatic heterocycles. The van der Waals surface area contributed by atoms with Gasteiger partial charge < -0.3 is 5.32 Å². The summed E-state index contributed by atoms with van der Waals surface area (Å²) in [5.74, 6) is 0. The van der Waals surface area contributed by atoms with E-state index < -0.39 is 10.0 Å². The average Bonchev–Trinajstić information content (AvgIpc) is 2.85. The van der Waals surface area contributed by atoms with Gasteiger partial charge >= 0.3 is 0 Å². The van der Waals surface area contributed by atoms with Crippen molar-refractivity contribution in [2.45, 2.75) is 36.2 Å². The second-order valence-corrected chi connectivity index (χ2v) is 7.08. The van der Waals surface area contributed by atoms with Gasteiger partial charge in [-0.05, 0) is 19.3 Å². The van der Waals surface area contributed by atoms with Crippen molar-refractivity contribution in [1.29, 1.82) is 0 Å². The van der Waals surface area contributed by atoms with Crippen LogP contribution in [0.1, 0.15) is 19.3 Å². The van der Waals surface area contributed by atoms with Crippen LogP contribution in [0.5, 0.6) is 0 Å². The third kappa shape index (κ3) is 2.06. The van der Waals surface area contributed by atoms with Gasteiger partial charge in [0.2, 0.25) is 10.0 Å². The van der Waals surface area contributed by atoms with Gasteiger partial charge in [0.1, 0.15) is 4.90 Å². The Bertz CT molecular complexity index is 539. The number of nitrogens with one attached hydrogen (secondary N) is 1. The summed E-state index contributed by atoms with van der Waals surface area (Å²) >= 11 is 0. The summed E-state index contributed by atoms with van der Waals surface area (Å²) in [6.07, 6.45) is 6.13. The maximum absolute atomic E-state index is 12.5. The van der Waals surface area contributed by atoms with Crippen molar-refractivity contribution >= 4 is 10.0 Å². The highest BCUT2D eigenvalue weighted by Gasteiger charge is 2.35. The molecule has 100 valence electrons. The van der Waals surface area contributed by atoms with Crippen molar-refractivity contribution in [2.75, 3.05) is 13.1 Å². The highest BCUT2D eigenvalue weighted by Crippen LogP contribution is 2.24. The lowest BCUT2D eigenvalue weighted by atomic mass is 10.1. The molecule has 0 aliphatic carbocycles. The van der Waals surface area contributed by atoms with Crippen LogP contribution in [0, 0.1) is 0 Å². The maximum atomic E-state index is 12.5. The predicted octanol–water partition coefficient (Wildman–Crippen LogP) is -0.0649. The Morgan fingerprint density at radius 2 is 2.11 bits per heavy atom. The monoisotopic (exact) mass is 270 g/mol. The van der Waals surface area contributed by atoms with Crippen LogP contribution in [0.25, 0.3) is 0 Å². The van der Waals surface area contributed by atoms with Crippen LogP contribution in [0.4, 0.5) is 0 Å². The van der Waals surface area contributed by atoms with Crippen LogP contribution in [0.15, 0.2) is 17.3 Å². The van der Waals surface area contributed by atoms with Gasteiger partial charge in [-0.15, -0.1) is 0 Å². The van der Waals surface area contributed by atoms with Crippen LogP contribution in [0.3, 0.4) is 0 Å². The van der Waals surface area contributed by atoms with Gasteiger partial charge in [-0.25, -0.2) is 8.42 Å². The largest absolute Gasteiger partial charge is 0.310 e. The third-order valence-corrected chi connectivity index (χ3v) is 5.62. The van der Waals surface area contributed by atoms with Crippen molar-refractivity contribution in [2.24, 2.45) is 7.05 Å². The van der Waals surface area contributed by atoms with Crippen LogP contribution in [-0.4, -0.2) is 47.7 Å². The summed E-state index contributed by atoms with van der Waals surface area (Å²) < 4.78 is 28.1. The number of aromatic nitrogens is 2. The highest BCUT2D eigenvalue weighted by atomic mass is 32.2. The molecule has 2 atom stereocenters. The molecule has 6 nitrogen and oxygen atoms in total. The molecule has 0 saturated carbocycles. The molecular weight excluding hydrogens is 252 g/mol. The zero-order valence-corrected chi connectivity index (χ0v) is 11.2. The van der Waals surface area contributed by atoms with Gasteiger partial charge in [0.15, 0.2) is 0 Å². The molecule has 0 radical (unpaired) electrons. The van der Waals surface area contributed by atoms with E-state index >= 15 is 0 Å². The minimum absolute atomic E-state index is 0.294. The lowest BCUT2D eigenvalue weighted by molar-refractivity contribution is 0.383. The van der Waals surface area contributed by atoms with E-state index in [1.807, 2.05) is 0 Å². The Labute approximate surface area is 107 Å². The molecule has 0 aromatic carbocycles. The number of hydrogen-bond acceptors (Lipinski definition) is 4. The van der Waals surface area contributed by atoms with Crippen LogP contribution < -0.4 is 5.32 Å². The van der Waals surface area contributed by atoms with E-state index in [0.717, 1.165) is 12.8 Å². The van der Waals surface area contributed by atoms with E-state index in [0.29, 0.717) is 30.1 Å². The van der Waals surface area contributed by atoms with E-state index in [1.54, 1.807) is 17.5 Å². The smallest absolute Gasteiger partial charge is 0.246 e. The molecule has 2 bridgehead atoms. The normalized spacial score (nSPS) is 29.4. The summed E-state index contributed by atoms with van der Waals surface area (Å²) in [5.41, 5.74) is 0. The average molecular weight is 270 g/mol. The first-order chi connectivity index (χ1) is 8.55. The first-order valence-corrected chi connectivity index (χ1v) is 7.74. The van der Waals surface area contributed by atoms with Crippen LogP contribution >= 0.6 is 0 Å². The van der Waals surface area contributed by atoms with E-state index in [-0.39, 0.29) is 0 Å². The molecule has 0 amide bonds. The number of nitrogens with zero attached hydrogens (tertiary/aromatic N) is 3. The Hall–Kier alpha value is -0.920. The Morgan fingerprint density at radius 1 is 1.33 bits per heavy atom. The molecule has 2 fully saturated rings. The van der Waals surface area contributed by atoms with Crippen LogP contribution in [0.2, 0.25) is 0 Å². The summed E-state index contributed by atoms with van der Waals surface area (Å²) in [6, 6.07) is 0.799. The predicted molar refractivity (Wildman–Crippen MR) is 66.5 cm³/mol. The topological polar surface area (TPSA) is 67.2 Å². The number of rotatable bonds is 2. The van der Waals surface area contributed by atoms with Crippen molar-refractivity contribution in [3.63, 3.8) is 0 Å². The van der Waals surface area contributed by atoms with E-state index in [9.17, 15) is 8.42 Å². The number of sulfonamides is 1. The van der Waals surface area contributed by atoms with Gasteiger partial charge in [0.05, 0.1) is 6.20 Å². The first kappa shape index (κ1) is 12.1. The quantitative estimate of drug-likeness (QED) is 0.817. The van der Waals surface area contributed by atoms with Gasteiger partial charge in [0, 0.05) is 38.4 Å². The third-order valence-electron chi connectivity index (χ3n) is 3.80. The van der Waals surface area contributed by atoms with Gasteiger partial charge in [0.25, 0.3) is 0 Å². The standard InChI is InChI=1S/C11H18N4O2S/c1-14-8-11(6-12-14)18(16,17)15-5-4-9-2-3-10(7-15)13-9/h6,8-10,13H,2-5,7H2,1H3. The zero-order chi connectivity index (χ0) is 12.8. The molecule has 2 unspecified atom stereocenters. The van der Waals surface area contributed by atoms with E-state index in [2.05, 4.69) is 10.4 Å². The van der Waals surface area contributed by atoms with Crippen molar-refractivity contribution in [1.82, 2.24) is 19.4 Å². The van der Waals surface area contributed by atoms with Gasteiger partial charge in [-0.3, -0.25) is 4.68 Å². The van der Waals surface area contributed by atoms with Crippen molar-refractivity contribution in [3.05, 3.63) is 12.4 Å². The lowest BCUT2D eigenvalue weighted by Gasteiger charge is -2.22. The number of fused-ring (bicyclic) bond motifs is 2. The molecule has 1 aromatic rings. The number of aryl methyl sites for hydroxylation is 1. The minimum Gasteiger partial charge on any atom is -0.310 e. The Balaban J connectivity index is 1.85. The Morgan fingerprint density at radius 3 is 2.83 bits per heavy atom. The fraction of sp³-hybridized carbons (Fsp3) is 0.727. The second kappa shape index (κ2) is 4.32. The molecule has 2 aliphatic rings. The van der Waals surface area contributed by atoms with Gasteiger partial charge in [-0.1, -0.05) is 0 Å². The maximum Gasteiger partial charge on any atom is 0.246 e. The van der Waals surface area contributed by atoms with E-state index in [4.69, 9.17) is 0 Å². The SMILES string of the molecule is Cn1cc(S(=O)(=O)N2CCC3CCC(C2)N3)cn1. The lowest BCUT2D eigenvalue weighted by Crippen LogP contribution is -2.38. The summed E-state index contributed by atoms with van der Waals surface area (Å²) in [5, 5.41) is 7.43. The molecular formula is C11H18N4O2S. The van der Waals surface area contributed by atoms with Crippen molar-refractivity contribution < 1.29 is 8.42 Å². The summed E-state index contributed by atoms with van der Waals surface area (Å²) in [6.45, 7) is 1.18. The summed E-state index contributed by atoms with van der Waals surface area (Å²) in [7, 11) is -1.65.